The van der Waals surface area contributed by atoms with E-state index >= 15 is 0 Å². The zero-order valence-electron chi connectivity index (χ0n) is 15.1. The molecular weight excluding hydrogens is 340 g/mol. The number of nitrogens with one attached hydrogen (secondary N) is 1. The zero-order valence-corrected chi connectivity index (χ0v) is 15.1. The van der Waals surface area contributed by atoms with Crippen molar-refractivity contribution in [2.24, 2.45) is 0 Å². The van der Waals surface area contributed by atoms with Crippen LogP contribution in [0.3, 0.4) is 0 Å². The van der Waals surface area contributed by atoms with Crippen LogP contribution in [0.25, 0.3) is 0 Å². The summed E-state index contributed by atoms with van der Waals surface area (Å²) >= 11 is 0. The van der Waals surface area contributed by atoms with E-state index < -0.39 is 6.04 Å². The third-order valence-electron chi connectivity index (χ3n) is 4.91. The second-order valence-electron chi connectivity index (χ2n) is 6.72. The number of fused-ring (bicyclic) bond motifs is 2. The molecule has 136 valence electrons. The lowest BCUT2D eigenvalue weighted by Crippen LogP contribution is -2.40. The van der Waals surface area contributed by atoms with Crippen LogP contribution < -0.4 is 10.1 Å². The van der Waals surface area contributed by atoms with E-state index in [1.807, 2.05) is 43.3 Å². The van der Waals surface area contributed by atoms with Crippen molar-refractivity contribution >= 4 is 17.5 Å². The summed E-state index contributed by atoms with van der Waals surface area (Å²) in [5.41, 5.74) is 3.64. The normalized spacial score (nSPS) is 18.2. The maximum absolute atomic E-state index is 13.1. The van der Waals surface area contributed by atoms with Crippen LogP contribution in [0.1, 0.15) is 21.5 Å². The van der Waals surface area contributed by atoms with E-state index in [0.29, 0.717) is 30.2 Å². The standard InChI is InChI=1S/C22H20N2O3/c1-3-15-11-18-21(25)23-19-17(22(26)24(18)12-15)10-9-14(2)20(19)27-13-16-7-5-4-6-8-16/h3-11,18H,1,12-13H2,2H3,(H,23,25)/t18-/m0/s1. The second kappa shape index (κ2) is 6.76. The van der Waals surface area contributed by atoms with Gasteiger partial charge in [-0.2, -0.15) is 0 Å². The van der Waals surface area contributed by atoms with Crippen molar-refractivity contribution in [2.45, 2.75) is 19.6 Å². The summed E-state index contributed by atoms with van der Waals surface area (Å²) in [6.45, 7) is 6.38. The molecule has 1 N–H and O–H groups in total. The van der Waals surface area contributed by atoms with Crippen molar-refractivity contribution < 1.29 is 14.3 Å². The van der Waals surface area contributed by atoms with Crippen LogP contribution in [0, 0.1) is 6.92 Å². The van der Waals surface area contributed by atoms with E-state index in [1.54, 1.807) is 23.1 Å². The van der Waals surface area contributed by atoms with Crippen molar-refractivity contribution in [2.75, 3.05) is 11.9 Å². The molecule has 0 saturated heterocycles. The average Bonchev–Trinajstić information content (AvgIpc) is 3.09. The molecule has 1 atom stereocenters. The molecule has 2 aromatic carbocycles. The van der Waals surface area contributed by atoms with Crippen molar-refractivity contribution in [3.63, 3.8) is 0 Å². The molecule has 2 aromatic rings. The highest BCUT2D eigenvalue weighted by Gasteiger charge is 2.39. The maximum Gasteiger partial charge on any atom is 0.257 e. The Morgan fingerprint density at radius 2 is 2.00 bits per heavy atom. The predicted octanol–water partition coefficient (Wildman–Crippen LogP) is 3.46. The molecule has 2 aliphatic rings. The fourth-order valence-corrected chi connectivity index (χ4v) is 3.45. The number of hydrogen-bond acceptors (Lipinski definition) is 3. The van der Waals surface area contributed by atoms with Gasteiger partial charge in [0.2, 0.25) is 0 Å². The number of nitrogens with zero attached hydrogens (tertiary/aromatic N) is 1. The average molecular weight is 360 g/mol. The van der Waals surface area contributed by atoms with E-state index in [9.17, 15) is 9.59 Å². The highest BCUT2D eigenvalue weighted by molar-refractivity contribution is 6.12. The van der Waals surface area contributed by atoms with Gasteiger partial charge >= 0.3 is 0 Å². The molecule has 0 bridgehead atoms. The number of amides is 2. The van der Waals surface area contributed by atoms with Gasteiger partial charge in [0, 0.05) is 6.54 Å². The molecule has 2 heterocycles. The third kappa shape index (κ3) is 3.01. The summed E-state index contributed by atoms with van der Waals surface area (Å²) in [6.07, 6.45) is 3.46. The zero-order chi connectivity index (χ0) is 19.0. The second-order valence-corrected chi connectivity index (χ2v) is 6.72. The van der Waals surface area contributed by atoms with Crippen LogP contribution in [0.4, 0.5) is 5.69 Å². The van der Waals surface area contributed by atoms with Gasteiger partial charge in [0.25, 0.3) is 11.8 Å². The highest BCUT2D eigenvalue weighted by atomic mass is 16.5. The van der Waals surface area contributed by atoms with E-state index in [1.165, 1.54) is 0 Å². The number of benzene rings is 2. The molecule has 27 heavy (non-hydrogen) atoms. The first-order chi connectivity index (χ1) is 13.1. The Bertz CT molecular complexity index is 963. The molecular formula is C22H20N2O3. The van der Waals surface area contributed by atoms with Crippen molar-refractivity contribution in [1.82, 2.24) is 4.90 Å². The van der Waals surface area contributed by atoms with Crippen molar-refractivity contribution in [3.05, 3.63) is 83.5 Å². The van der Waals surface area contributed by atoms with Crippen LogP contribution in [0.15, 0.2) is 66.8 Å². The highest BCUT2D eigenvalue weighted by Crippen LogP contribution is 2.37. The van der Waals surface area contributed by atoms with Gasteiger partial charge in [-0.25, -0.2) is 0 Å². The van der Waals surface area contributed by atoms with Crippen LogP contribution in [0.2, 0.25) is 0 Å². The lowest BCUT2D eigenvalue weighted by Gasteiger charge is -2.20. The minimum Gasteiger partial charge on any atom is -0.486 e. The Labute approximate surface area is 157 Å². The summed E-state index contributed by atoms with van der Waals surface area (Å²) in [5.74, 6) is 0.104. The molecule has 0 aliphatic carbocycles. The molecule has 0 saturated carbocycles. The molecule has 0 fully saturated rings. The van der Waals surface area contributed by atoms with Crippen LogP contribution in [-0.2, 0) is 11.4 Å². The molecule has 2 amide bonds. The van der Waals surface area contributed by atoms with Gasteiger partial charge in [0.05, 0.1) is 11.3 Å². The Morgan fingerprint density at radius 1 is 1.22 bits per heavy atom. The predicted molar refractivity (Wildman–Crippen MR) is 104 cm³/mol. The van der Waals surface area contributed by atoms with Gasteiger partial charge in [0.15, 0.2) is 0 Å². The summed E-state index contributed by atoms with van der Waals surface area (Å²) in [4.78, 5) is 27.4. The van der Waals surface area contributed by atoms with Crippen LogP contribution in [0.5, 0.6) is 5.75 Å². The fraction of sp³-hybridized carbons (Fsp3) is 0.182. The number of rotatable bonds is 4. The van der Waals surface area contributed by atoms with Gasteiger partial charge in [-0.15, -0.1) is 0 Å². The van der Waals surface area contributed by atoms with Gasteiger partial charge in [-0.05, 0) is 35.8 Å². The Balaban J connectivity index is 1.70. The SMILES string of the molecule is C=CC1=C[C@H]2C(=O)Nc3c(ccc(C)c3OCc3ccccc3)C(=O)N2C1. The Morgan fingerprint density at radius 3 is 2.74 bits per heavy atom. The smallest absolute Gasteiger partial charge is 0.257 e. The number of hydrogen-bond donors (Lipinski definition) is 1. The molecule has 4 rings (SSSR count). The number of aryl methyl sites for hydroxylation is 1. The molecule has 5 nitrogen and oxygen atoms in total. The summed E-state index contributed by atoms with van der Waals surface area (Å²) in [5, 5.41) is 2.91. The van der Waals surface area contributed by atoms with Crippen molar-refractivity contribution in [1.29, 1.82) is 0 Å². The van der Waals surface area contributed by atoms with Crippen LogP contribution >= 0.6 is 0 Å². The quantitative estimate of drug-likeness (QED) is 0.908. The molecule has 0 radical (unpaired) electrons. The first kappa shape index (κ1) is 17.1. The molecule has 0 aromatic heterocycles. The van der Waals surface area contributed by atoms with Gasteiger partial charge < -0.3 is 15.0 Å². The lowest BCUT2D eigenvalue weighted by atomic mass is 10.1. The molecule has 2 aliphatic heterocycles. The third-order valence-corrected chi connectivity index (χ3v) is 4.91. The number of carbonyl (C=O) groups is 2. The van der Waals surface area contributed by atoms with Gasteiger partial charge in [-0.3, -0.25) is 9.59 Å². The largest absolute Gasteiger partial charge is 0.486 e. The van der Waals surface area contributed by atoms with Gasteiger partial charge in [0.1, 0.15) is 18.4 Å². The monoisotopic (exact) mass is 360 g/mol. The van der Waals surface area contributed by atoms with E-state index in [0.717, 1.165) is 16.7 Å². The minimum atomic E-state index is -0.625. The number of carbonyl (C=O) groups excluding carboxylic acids is 2. The van der Waals surface area contributed by atoms with Crippen molar-refractivity contribution in [3.8, 4) is 5.75 Å². The van der Waals surface area contributed by atoms with E-state index in [2.05, 4.69) is 11.9 Å². The first-order valence-corrected chi connectivity index (χ1v) is 8.84. The lowest BCUT2D eigenvalue weighted by molar-refractivity contribution is -0.118. The Hall–Kier alpha value is -3.34. The summed E-state index contributed by atoms with van der Waals surface area (Å²) < 4.78 is 6.02. The van der Waals surface area contributed by atoms with E-state index in [-0.39, 0.29) is 11.8 Å². The topological polar surface area (TPSA) is 58.6 Å². The fourth-order valence-electron chi connectivity index (χ4n) is 3.45. The number of anilines is 1. The molecule has 5 heteroatoms. The summed E-state index contributed by atoms with van der Waals surface area (Å²) in [7, 11) is 0. The molecule has 0 unspecified atom stereocenters. The minimum absolute atomic E-state index is 0.189. The first-order valence-electron chi connectivity index (χ1n) is 8.84. The van der Waals surface area contributed by atoms with E-state index in [4.69, 9.17) is 4.74 Å². The van der Waals surface area contributed by atoms with Crippen LogP contribution in [-0.4, -0.2) is 29.3 Å². The maximum atomic E-state index is 13.1. The number of ether oxygens (including phenoxy) is 1. The van der Waals surface area contributed by atoms with Gasteiger partial charge in [-0.1, -0.05) is 49.1 Å². The Kier molecular flexibility index (Phi) is 4.28. The molecule has 0 spiro atoms. The summed E-state index contributed by atoms with van der Waals surface area (Å²) in [6, 6.07) is 12.7.